The van der Waals surface area contributed by atoms with Gasteiger partial charge >= 0.3 is 0 Å². The van der Waals surface area contributed by atoms with E-state index in [1.54, 1.807) is 35.2 Å². The van der Waals surface area contributed by atoms with Gasteiger partial charge in [0, 0.05) is 17.7 Å². The van der Waals surface area contributed by atoms with Gasteiger partial charge in [0.15, 0.2) is 11.4 Å². The summed E-state index contributed by atoms with van der Waals surface area (Å²) in [6.07, 6.45) is 3.84. The molecule has 4 heterocycles. The molecule has 8 heteroatoms. The Morgan fingerprint density at radius 3 is 2.74 bits per heavy atom. The fourth-order valence-electron chi connectivity index (χ4n) is 2.42. The van der Waals surface area contributed by atoms with Crippen molar-refractivity contribution in [3.8, 4) is 11.6 Å². The summed E-state index contributed by atoms with van der Waals surface area (Å²) >= 11 is 0. The van der Waals surface area contributed by atoms with Crippen molar-refractivity contribution in [2.45, 2.75) is 6.42 Å². The number of rotatable bonds is 3. The van der Waals surface area contributed by atoms with Crippen molar-refractivity contribution in [3.63, 3.8) is 0 Å². The zero-order valence-corrected chi connectivity index (χ0v) is 12.0. The Labute approximate surface area is 130 Å². The first kappa shape index (κ1) is 13.3. The van der Waals surface area contributed by atoms with E-state index in [1.165, 1.54) is 0 Å². The SMILES string of the molecule is Nc1cccc(Cc2cnn3c(-c4ccco4)nc(N)nc23)n1. The van der Waals surface area contributed by atoms with Crippen molar-refractivity contribution in [1.82, 2.24) is 24.6 Å². The number of nitrogens with zero attached hydrogens (tertiary/aromatic N) is 5. The fraction of sp³-hybridized carbons (Fsp3) is 0.0667. The topological polar surface area (TPSA) is 121 Å². The highest BCUT2D eigenvalue weighted by atomic mass is 16.3. The molecular formula is C15H13N7O. The molecule has 4 N–H and O–H groups in total. The second-order valence-corrected chi connectivity index (χ2v) is 5.02. The smallest absolute Gasteiger partial charge is 0.224 e. The fourth-order valence-corrected chi connectivity index (χ4v) is 2.42. The van der Waals surface area contributed by atoms with E-state index in [-0.39, 0.29) is 5.95 Å². The molecule has 114 valence electrons. The number of fused-ring (bicyclic) bond motifs is 1. The molecule has 4 aromatic rings. The second-order valence-electron chi connectivity index (χ2n) is 5.02. The van der Waals surface area contributed by atoms with Crippen LogP contribution in [0.25, 0.3) is 17.2 Å². The molecule has 0 radical (unpaired) electrons. The maximum absolute atomic E-state index is 5.84. The molecular weight excluding hydrogens is 294 g/mol. The maximum atomic E-state index is 5.84. The van der Waals surface area contributed by atoms with E-state index in [2.05, 4.69) is 20.1 Å². The molecule has 0 atom stereocenters. The first-order valence-corrected chi connectivity index (χ1v) is 6.96. The van der Waals surface area contributed by atoms with E-state index < -0.39 is 0 Å². The molecule has 0 aliphatic heterocycles. The van der Waals surface area contributed by atoms with Crippen molar-refractivity contribution in [2.24, 2.45) is 0 Å². The van der Waals surface area contributed by atoms with Gasteiger partial charge in [-0.1, -0.05) is 6.07 Å². The van der Waals surface area contributed by atoms with Crippen LogP contribution < -0.4 is 11.5 Å². The minimum absolute atomic E-state index is 0.159. The summed E-state index contributed by atoms with van der Waals surface area (Å²) in [6.45, 7) is 0. The molecule has 0 spiro atoms. The molecule has 0 aliphatic carbocycles. The van der Waals surface area contributed by atoms with Crippen LogP contribution in [0.5, 0.6) is 0 Å². The summed E-state index contributed by atoms with van der Waals surface area (Å²) in [4.78, 5) is 12.8. The number of aromatic nitrogens is 5. The van der Waals surface area contributed by atoms with Crippen molar-refractivity contribution in [2.75, 3.05) is 11.5 Å². The van der Waals surface area contributed by atoms with Crippen molar-refractivity contribution in [1.29, 1.82) is 0 Å². The highest BCUT2D eigenvalue weighted by molar-refractivity contribution is 5.59. The Morgan fingerprint density at radius 2 is 1.96 bits per heavy atom. The van der Waals surface area contributed by atoms with Gasteiger partial charge in [0.05, 0.1) is 12.5 Å². The zero-order valence-electron chi connectivity index (χ0n) is 12.0. The average molecular weight is 307 g/mol. The molecule has 23 heavy (non-hydrogen) atoms. The lowest BCUT2D eigenvalue weighted by Gasteiger charge is -2.04. The molecule has 8 nitrogen and oxygen atoms in total. The Morgan fingerprint density at radius 1 is 1.04 bits per heavy atom. The van der Waals surface area contributed by atoms with Gasteiger partial charge in [0.25, 0.3) is 0 Å². The second kappa shape index (κ2) is 5.09. The molecule has 0 amide bonds. The molecule has 4 aromatic heterocycles. The third-order valence-corrected chi connectivity index (χ3v) is 3.40. The van der Waals surface area contributed by atoms with Crippen LogP contribution in [0.15, 0.2) is 47.2 Å². The number of nitrogen functional groups attached to an aromatic ring is 2. The lowest BCUT2D eigenvalue weighted by molar-refractivity contribution is 0.573. The number of nitrogens with two attached hydrogens (primary N) is 2. The molecule has 4 rings (SSSR count). The minimum Gasteiger partial charge on any atom is -0.461 e. The molecule has 0 bridgehead atoms. The largest absolute Gasteiger partial charge is 0.461 e. The minimum atomic E-state index is 0.159. The van der Waals surface area contributed by atoms with Gasteiger partial charge in [-0.05, 0) is 24.3 Å². The predicted octanol–water partition coefficient (Wildman–Crippen LogP) is 1.53. The van der Waals surface area contributed by atoms with Crippen molar-refractivity contribution >= 4 is 17.4 Å². The van der Waals surface area contributed by atoms with E-state index in [9.17, 15) is 0 Å². The summed E-state index contributed by atoms with van der Waals surface area (Å²) < 4.78 is 7.00. The van der Waals surface area contributed by atoms with E-state index in [1.807, 2.05) is 12.1 Å². The van der Waals surface area contributed by atoms with Crippen LogP contribution in [0.4, 0.5) is 11.8 Å². The van der Waals surface area contributed by atoms with Gasteiger partial charge in [-0.3, -0.25) is 0 Å². The summed E-state index contributed by atoms with van der Waals surface area (Å²) in [6, 6.07) is 9.08. The molecule has 0 fully saturated rings. The van der Waals surface area contributed by atoms with E-state index in [0.717, 1.165) is 11.3 Å². The number of furan rings is 1. The normalized spacial score (nSPS) is 11.1. The lowest BCUT2D eigenvalue weighted by Crippen LogP contribution is -2.05. The van der Waals surface area contributed by atoms with Crippen LogP contribution in [0.1, 0.15) is 11.3 Å². The van der Waals surface area contributed by atoms with Gasteiger partial charge in [-0.2, -0.15) is 19.6 Å². The molecule has 0 aromatic carbocycles. The van der Waals surface area contributed by atoms with E-state index in [4.69, 9.17) is 15.9 Å². The van der Waals surface area contributed by atoms with E-state index in [0.29, 0.717) is 29.5 Å². The highest BCUT2D eigenvalue weighted by Gasteiger charge is 2.15. The van der Waals surface area contributed by atoms with Gasteiger partial charge in [0.1, 0.15) is 5.82 Å². The van der Waals surface area contributed by atoms with Crippen LogP contribution in [0, 0.1) is 0 Å². The zero-order chi connectivity index (χ0) is 15.8. The van der Waals surface area contributed by atoms with Crippen LogP contribution in [-0.4, -0.2) is 24.6 Å². The summed E-state index contributed by atoms with van der Waals surface area (Å²) in [5.74, 6) is 1.71. The van der Waals surface area contributed by atoms with Gasteiger partial charge in [0.2, 0.25) is 11.8 Å². The van der Waals surface area contributed by atoms with Crippen molar-refractivity contribution in [3.05, 3.63) is 54.0 Å². The average Bonchev–Trinajstić information content (AvgIpc) is 3.17. The summed E-state index contributed by atoms with van der Waals surface area (Å²) in [5.41, 5.74) is 13.9. The number of hydrogen-bond acceptors (Lipinski definition) is 7. The lowest BCUT2D eigenvalue weighted by atomic mass is 10.2. The summed E-state index contributed by atoms with van der Waals surface area (Å²) in [7, 11) is 0. The third kappa shape index (κ3) is 2.35. The van der Waals surface area contributed by atoms with Gasteiger partial charge in [-0.15, -0.1) is 0 Å². The maximum Gasteiger partial charge on any atom is 0.224 e. The number of anilines is 2. The van der Waals surface area contributed by atoms with Crippen LogP contribution in [0.3, 0.4) is 0 Å². The first-order valence-electron chi connectivity index (χ1n) is 6.96. The Bertz CT molecular complexity index is 975. The standard InChI is InChI=1S/C15H13N7O/c16-12-5-1-3-10(19-12)7-9-8-18-22-13(9)20-15(17)21-14(22)11-4-2-6-23-11/h1-6,8H,7H2,(H2,16,19)(H2,17,20). The monoisotopic (exact) mass is 307 g/mol. The van der Waals surface area contributed by atoms with E-state index >= 15 is 0 Å². The van der Waals surface area contributed by atoms with Crippen LogP contribution in [0.2, 0.25) is 0 Å². The molecule has 0 saturated heterocycles. The molecule has 0 unspecified atom stereocenters. The quantitative estimate of drug-likeness (QED) is 0.588. The Balaban J connectivity index is 1.83. The predicted molar refractivity (Wildman–Crippen MR) is 84.4 cm³/mol. The van der Waals surface area contributed by atoms with Gasteiger partial charge in [-0.25, -0.2) is 4.98 Å². The van der Waals surface area contributed by atoms with Gasteiger partial charge < -0.3 is 15.9 Å². The summed E-state index contributed by atoms with van der Waals surface area (Å²) in [5, 5.41) is 4.35. The Kier molecular flexibility index (Phi) is 2.94. The third-order valence-electron chi connectivity index (χ3n) is 3.40. The highest BCUT2D eigenvalue weighted by Crippen LogP contribution is 2.22. The van der Waals surface area contributed by atoms with Crippen LogP contribution >= 0.6 is 0 Å². The number of pyridine rings is 1. The van der Waals surface area contributed by atoms with Crippen molar-refractivity contribution < 1.29 is 4.42 Å². The van der Waals surface area contributed by atoms with Crippen LogP contribution in [-0.2, 0) is 6.42 Å². The number of hydrogen-bond donors (Lipinski definition) is 2. The Hall–Kier alpha value is -3.42. The first-order chi connectivity index (χ1) is 11.2. The molecule has 0 aliphatic rings. The molecule has 0 saturated carbocycles.